The van der Waals surface area contributed by atoms with Crippen molar-refractivity contribution >= 4 is 22.6 Å². The van der Waals surface area contributed by atoms with Gasteiger partial charge in [-0.1, -0.05) is 42.5 Å². The largest absolute Gasteiger partial charge is 0.378 e. The molecule has 7 heteroatoms. The van der Waals surface area contributed by atoms with E-state index < -0.39 is 0 Å². The zero-order valence-electron chi connectivity index (χ0n) is 17.6. The summed E-state index contributed by atoms with van der Waals surface area (Å²) < 4.78 is 5.35. The maximum absolute atomic E-state index is 12.6. The second-order valence-electron chi connectivity index (χ2n) is 8.01. The van der Waals surface area contributed by atoms with Crippen LogP contribution in [-0.2, 0) is 9.53 Å². The number of anilines is 1. The normalized spacial score (nSPS) is 17.8. The van der Waals surface area contributed by atoms with Crippen molar-refractivity contribution in [2.24, 2.45) is 0 Å². The van der Waals surface area contributed by atoms with Gasteiger partial charge in [0.1, 0.15) is 5.82 Å². The van der Waals surface area contributed by atoms with E-state index in [-0.39, 0.29) is 5.91 Å². The van der Waals surface area contributed by atoms with E-state index in [0.717, 1.165) is 54.3 Å². The summed E-state index contributed by atoms with van der Waals surface area (Å²) in [4.78, 5) is 28.8. The van der Waals surface area contributed by atoms with Crippen molar-refractivity contribution in [2.45, 2.75) is 0 Å². The fraction of sp³-hybridized carbons (Fsp3) is 0.375. The first-order valence-corrected chi connectivity index (χ1v) is 10.9. The number of amides is 1. The molecule has 0 spiro atoms. The Hall–Kier alpha value is -3.03. The lowest BCUT2D eigenvalue weighted by molar-refractivity contribution is -0.136. The summed E-state index contributed by atoms with van der Waals surface area (Å²) >= 11 is 0. The number of para-hydroxylation sites is 1. The van der Waals surface area contributed by atoms with E-state index in [0.29, 0.717) is 32.8 Å². The molecule has 7 nitrogen and oxygen atoms in total. The summed E-state index contributed by atoms with van der Waals surface area (Å²) in [6.07, 6.45) is 0. The van der Waals surface area contributed by atoms with Crippen LogP contribution in [0.25, 0.3) is 22.3 Å². The molecule has 0 saturated carbocycles. The van der Waals surface area contributed by atoms with Gasteiger partial charge >= 0.3 is 0 Å². The SMILES string of the molecule is O=C(CN1CCN(c2nc(-c3ccccc3)nc3ccccc23)CC1)N1CCOCC1. The highest BCUT2D eigenvalue weighted by molar-refractivity contribution is 5.91. The Balaban J connectivity index is 1.33. The number of rotatable bonds is 4. The van der Waals surface area contributed by atoms with Gasteiger partial charge in [-0.3, -0.25) is 9.69 Å². The molecular weight excluding hydrogens is 390 g/mol. The number of fused-ring (bicyclic) bond motifs is 1. The van der Waals surface area contributed by atoms with Crippen LogP contribution in [0.1, 0.15) is 0 Å². The van der Waals surface area contributed by atoms with Gasteiger partial charge in [-0.05, 0) is 12.1 Å². The van der Waals surface area contributed by atoms with E-state index in [9.17, 15) is 4.79 Å². The summed E-state index contributed by atoms with van der Waals surface area (Å²) in [6, 6.07) is 18.3. The third-order valence-corrected chi connectivity index (χ3v) is 6.01. The Morgan fingerprint density at radius 2 is 1.55 bits per heavy atom. The van der Waals surface area contributed by atoms with Crippen molar-refractivity contribution in [3.63, 3.8) is 0 Å². The molecule has 0 unspecified atom stereocenters. The Morgan fingerprint density at radius 3 is 2.32 bits per heavy atom. The minimum atomic E-state index is 0.204. The molecule has 1 amide bonds. The smallest absolute Gasteiger partial charge is 0.236 e. The van der Waals surface area contributed by atoms with Gasteiger partial charge in [0, 0.05) is 50.2 Å². The maximum Gasteiger partial charge on any atom is 0.236 e. The number of nitrogens with zero attached hydrogens (tertiary/aromatic N) is 5. The number of hydrogen-bond acceptors (Lipinski definition) is 6. The zero-order chi connectivity index (χ0) is 21.0. The topological polar surface area (TPSA) is 61.8 Å². The van der Waals surface area contributed by atoms with Crippen LogP contribution in [0.3, 0.4) is 0 Å². The van der Waals surface area contributed by atoms with Crippen molar-refractivity contribution in [1.82, 2.24) is 19.8 Å². The molecule has 5 rings (SSSR count). The van der Waals surface area contributed by atoms with E-state index in [1.807, 2.05) is 53.4 Å². The molecule has 3 heterocycles. The van der Waals surface area contributed by atoms with Crippen LogP contribution < -0.4 is 4.90 Å². The van der Waals surface area contributed by atoms with Crippen LogP contribution in [0.5, 0.6) is 0 Å². The number of hydrogen-bond donors (Lipinski definition) is 0. The minimum absolute atomic E-state index is 0.204. The van der Waals surface area contributed by atoms with Crippen LogP contribution >= 0.6 is 0 Å². The first-order chi connectivity index (χ1) is 15.3. The fourth-order valence-corrected chi connectivity index (χ4v) is 4.24. The van der Waals surface area contributed by atoms with E-state index in [1.54, 1.807) is 0 Å². The molecule has 2 aromatic carbocycles. The van der Waals surface area contributed by atoms with Crippen molar-refractivity contribution in [2.75, 3.05) is 63.9 Å². The quantitative estimate of drug-likeness (QED) is 0.649. The third kappa shape index (κ3) is 4.38. The van der Waals surface area contributed by atoms with Gasteiger partial charge in [0.25, 0.3) is 0 Å². The van der Waals surface area contributed by atoms with Gasteiger partial charge in [-0.2, -0.15) is 0 Å². The highest BCUT2D eigenvalue weighted by Gasteiger charge is 2.24. The van der Waals surface area contributed by atoms with Crippen LogP contribution in [0.15, 0.2) is 54.6 Å². The van der Waals surface area contributed by atoms with Gasteiger partial charge in [0.2, 0.25) is 5.91 Å². The minimum Gasteiger partial charge on any atom is -0.378 e. The van der Waals surface area contributed by atoms with Crippen LogP contribution in [-0.4, -0.2) is 84.7 Å². The van der Waals surface area contributed by atoms with Crippen LogP contribution in [0.2, 0.25) is 0 Å². The number of ether oxygens (including phenoxy) is 1. The molecular formula is C24H27N5O2. The van der Waals surface area contributed by atoms with Gasteiger partial charge in [-0.25, -0.2) is 9.97 Å². The van der Waals surface area contributed by atoms with Crippen LogP contribution in [0.4, 0.5) is 5.82 Å². The molecule has 3 aromatic rings. The highest BCUT2D eigenvalue weighted by atomic mass is 16.5. The molecule has 1 aromatic heterocycles. The molecule has 2 aliphatic rings. The van der Waals surface area contributed by atoms with E-state index in [4.69, 9.17) is 14.7 Å². The predicted molar refractivity (Wildman–Crippen MR) is 121 cm³/mol. The molecule has 0 bridgehead atoms. The molecule has 0 aliphatic carbocycles. The molecule has 2 saturated heterocycles. The van der Waals surface area contributed by atoms with Crippen molar-refractivity contribution < 1.29 is 9.53 Å². The highest BCUT2D eigenvalue weighted by Crippen LogP contribution is 2.28. The lowest BCUT2D eigenvalue weighted by Gasteiger charge is -2.37. The number of benzene rings is 2. The van der Waals surface area contributed by atoms with Gasteiger partial charge in [0.15, 0.2) is 5.82 Å². The second-order valence-corrected chi connectivity index (χ2v) is 8.01. The zero-order valence-corrected chi connectivity index (χ0v) is 17.6. The summed E-state index contributed by atoms with van der Waals surface area (Å²) in [5.41, 5.74) is 1.97. The van der Waals surface area contributed by atoms with Gasteiger partial charge in [0.05, 0.1) is 25.3 Å². The van der Waals surface area contributed by atoms with Crippen molar-refractivity contribution in [3.05, 3.63) is 54.6 Å². The average molecular weight is 418 g/mol. The first-order valence-electron chi connectivity index (χ1n) is 10.9. The Morgan fingerprint density at radius 1 is 0.839 bits per heavy atom. The summed E-state index contributed by atoms with van der Waals surface area (Å²) in [6.45, 7) is 6.53. The Labute approximate surface area is 182 Å². The molecule has 31 heavy (non-hydrogen) atoms. The molecule has 0 atom stereocenters. The maximum atomic E-state index is 12.6. The summed E-state index contributed by atoms with van der Waals surface area (Å²) in [7, 11) is 0. The fourth-order valence-electron chi connectivity index (χ4n) is 4.24. The number of aromatic nitrogens is 2. The second kappa shape index (κ2) is 8.99. The molecule has 160 valence electrons. The lowest BCUT2D eigenvalue weighted by atomic mass is 10.1. The predicted octanol–water partition coefficient (Wildman–Crippen LogP) is 2.28. The number of carbonyl (C=O) groups excluding carboxylic acids is 1. The van der Waals surface area contributed by atoms with Gasteiger partial charge in [-0.15, -0.1) is 0 Å². The average Bonchev–Trinajstić information content (AvgIpc) is 2.85. The molecule has 0 N–H and O–H groups in total. The third-order valence-electron chi connectivity index (χ3n) is 6.01. The Kier molecular flexibility index (Phi) is 5.78. The molecule has 0 radical (unpaired) electrons. The number of morpholine rings is 1. The van der Waals surface area contributed by atoms with E-state index in [2.05, 4.69) is 15.9 Å². The monoisotopic (exact) mass is 417 g/mol. The molecule has 2 aliphatic heterocycles. The van der Waals surface area contributed by atoms with Crippen LogP contribution in [0, 0.1) is 0 Å². The first kappa shape index (κ1) is 19.9. The van der Waals surface area contributed by atoms with E-state index in [1.165, 1.54) is 0 Å². The summed E-state index contributed by atoms with van der Waals surface area (Å²) in [5.74, 6) is 1.93. The lowest BCUT2D eigenvalue weighted by Crippen LogP contribution is -2.51. The van der Waals surface area contributed by atoms with Crippen molar-refractivity contribution in [3.8, 4) is 11.4 Å². The summed E-state index contributed by atoms with van der Waals surface area (Å²) in [5, 5.41) is 1.07. The Bertz CT molecular complexity index is 1040. The standard InChI is InChI=1S/C24H27N5O2/c30-22(28-14-16-31-17-15-28)18-27-10-12-29(13-11-27)24-20-8-4-5-9-21(20)25-23(26-24)19-6-2-1-3-7-19/h1-9H,10-18H2. The number of carbonyl (C=O) groups is 1. The van der Waals surface area contributed by atoms with Crippen molar-refractivity contribution in [1.29, 1.82) is 0 Å². The van der Waals surface area contributed by atoms with Gasteiger partial charge < -0.3 is 14.5 Å². The number of piperazine rings is 1. The van der Waals surface area contributed by atoms with E-state index >= 15 is 0 Å². The molecule has 2 fully saturated rings.